The zero-order chi connectivity index (χ0) is 16.4. The first-order valence-electron chi connectivity index (χ1n) is 7.56. The van der Waals surface area contributed by atoms with Crippen molar-refractivity contribution < 1.29 is 5.21 Å². The standard InChI is InChI=1S/C16H19N5O2/c1-3-6-12-14-15(21(2)19-12)16(22)18-13(17-14)9-10-7-4-5-8-11(10)20-23/h4-5,7-8,20,23H,3,6,9H2,1-2H3,(H,17,18,22). The van der Waals surface area contributed by atoms with E-state index in [2.05, 4.69) is 27.5 Å². The van der Waals surface area contributed by atoms with Crippen LogP contribution < -0.4 is 11.0 Å². The highest BCUT2D eigenvalue weighted by atomic mass is 16.5. The average Bonchev–Trinajstić information content (AvgIpc) is 2.85. The summed E-state index contributed by atoms with van der Waals surface area (Å²) in [5.74, 6) is 0.551. The molecule has 0 saturated carbocycles. The van der Waals surface area contributed by atoms with Gasteiger partial charge in [0, 0.05) is 13.5 Å². The summed E-state index contributed by atoms with van der Waals surface area (Å²) >= 11 is 0. The molecule has 23 heavy (non-hydrogen) atoms. The minimum Gasteiger partial charge on any atom is -0.308 e. The Bertz CT molecular complexity index is 897. The molecule has 0 fully saturated rings. The molecule has 2 heterocycles. The van der Waals surface area contributed by atoms with Gasteiger partial charge in [0.15, 0.2) is 5.52 Å². The Morgan fingerprint density at radius 1 is 1.35 bits per heavy atom. The Labute approximate surface area is 133 Å². The Kier molecular flexibility index (Phi) is 4.12. The van der Waals surface area contributed by atoms with Gasteiger partial charge in [-0.05, 0) is 18.1 Å². The van der Waals surface area contributed by atoms with Crippen LogP contribution in [-0.4, -0.2) is 25.0 Å². The number of nitrogens with zero attached hydrogens (tertiary/aromatic N) is 3. The van der Waals surface area contributed by atoms with Gasteiger partial charge in [-0.15, -0.1) is 0 Å². The lowest BCUT2D eigenvalue weighted by Crippen LogP contribution is -2.14. The molecule has 0 radical (unpaired) electrons. The average molecular weight is 313 g/mol. The maximum absolute atomic E-state index is 12.4. The van der Waals surface area contributed by atoms with Crippen molar-refractivity contribution in [2.45, 2.75) is 26.2 Å². The maximum Gasteiger partial charge on any atom is 0.277 e. The van der Waals surface area contributed by atoms with Gasteiger partial charge in [0.2, 0.25) is 0 Å². The number of nitrogens with one attached hydrogen (secondary N) is 2. The third-order valence-corrected chi connectivity index (χ3v) is 3.79. The van der Waals surface area contributed by atoms with Gasteiger partial charge in [-0.25, -0.2) is 4.98 Å². The lowest BCUT2D eigenvalue weighted by Gasteiger charge is -2.07. The molecule has 0 unspecified atom stereocenters. The number of aromatic amines is 1. The second kappa shape index (κ2) is 6.21. The van der Waals surface area contributed by atoms with Crippen LogP contribution in [0.3, 0.4) is 0 Å². The third-order valence-electron chi connectivity index (χ3n) is 3.79. The molecule has 0 spiro atoms. The van der Waals surface area contributed by atoms with Crippen LogP contribution in [0.2, 0.25) is 0 Å². The Hall–Kier alpha value is -2.67. The first-order valence-corrected chi connectivity index (χ1v) is 7.56. The summed E-state index contributed by atoms with van der Waals surface area (Å²) in [4.78, 5) is 19.8. The molecule has 0 aliphatic carbocycles. The number of fused-ring (bicyclic) bond motifs is 1. The summed E-state index contributed by atoms with van der Waals surface area (Å²) in [6.07, 6.45) is 2.13. The molecule has 3 N–H and O–H groups in total. The molecule has 120 valence electrons. The van der Waals surface area contributed by atoms with E-state index in [9.17, 15) is 10.0 Å². The second-order valence-electron chi connectivity index (χ2n) is 5.48. The molecule has 7 heteroatoms. The van der Waals surface area contributed by atoms with E-state index in [1.165, 1.54) is 0 Å². The smallest absolute Gasteiger partial charge is 0.277 e. The normalized spacial score (nSPS) is 11.1. The molecule has 7 nitrogen and oxygen atoms in total. The summed E-state index contributed by atoms with van der Waals surface area (Å²) in [5.41, 5.74) is 5.39. The first-order chi connectivity index (χ1) is 11.1. The van der Waals surface area contributed by atoms with Crippen molar-refractivity contribution in [3.05, 3.63) is 51.7 Å². The molecule has 0 amide bonds. The largest absolute Gasteiger partial charge is 0.308 e. The highest BCUT2D eigenvalue weighted by Gasteiger charge is 2.15. The quantitative estimate of drug-likeness (QED) is 0.626. The van der Waals surface area contributed by atoms with Crippen LogP contribution in [0.15, 0.2) is 29.1 Å². The fourth-order valence-electron chi connectivity index (χ4n) is 2.75. The molecule has 0 aliphatic heterocycles. The van der Waals surface area contributed by atoms with E-state index in [1.807, 2.05) is 18.2 Å². The van der Waals surface area contributed by atoms with E-state index in [0.29, 0.717) is 29.0 Å². The fourth-order valence-corrected chi connectivity index (χ4v) is 2.75. The van der Waals surface area contributed by atoms with Crippen molar-refractivity contribution >= 4 is 16.7 Å². The number of hydrogen-bond donors (Lipinski definition) is 3. The van der Waals surface area contributed by atoms with Gasteiger partial charge in [0.1, 0.15) is 11.3 Å². The van der Waals surface area contributed by atoms with Crippen molar-refractivity contribution in [1.82, 2.24) is 19.7 Å². The molecular weight excluding hydrogens is 294 g/mol. The number of hydrogen-bond acceptors (Lipinski definition) is 5. The summed E-state index contributed by atoms with van der Waals surface area (Å²) in [5, 5.41) is 13.6. The number of aromatic nitrogens is 4. The van der Waals surface area contributed by atoms with E-state index in [4.69, 9.17) is 0 Å². The van der Waals surface area contributed by atoms with Gasteiger partial charge < -0.3 is 4.98 Å². The van der Waals surface area contributed by atoms with Crippen LogP contribution in [0.25, 0.3) is 11.0 Å². The molecular formula is C16H19N5O2. The molecule has 3 rings (SSSR count). The fraction of sp³-hybridized carbons (Fsp3) is 0.312. The van der Waals surface area contributed by atoms with E-state index >= 15 is 0 Å². The van der Waals surface area contributed by atoms with Gasteiger partial charge in [0.25, 0.3) is 5.56 Å². The number of rotatable bonds is 5. The van der Waals surface area contributed by atoms with Gasteiger partial charge in [-0.3, -0.25) is 20.2 Å². The summed E-state index contributed by atoms with van der Waals surface area (Å²) in [6.45, 7) is 2.07. The van der Waals surface area contributed by atoms with Gasteiger partial charge in [-0.2, -0.15) is 5.10 Å². The number of H-pyrrole nitrogens is 1. The summed E-state index contributed by atoms with van der Waals surface area (Å²) in [6, 6.07) is 7.33. The lowest BCUT2D eigenvalue weighted by molar-refractivity contribution is 0.388. The number of anilines is 1. The first kappa shape index (κ1) is 15.2. The summed E-state index contributed by atoms with van der Waals surface area (Å²) in [7, 11) is 1.75. The van der Waals surface area contributed by atoms with Crippen molar-refractivity contribution in [2.75, 3.05) is 5.48 Å². The van der Waals surface area contributed by atoms with Crippen LogP contribution >= 0.6 is 0 Å². The van der Waals surface area contributed by atoms with Crippen molar-refractivity contribution in [3.63, 3.8) is 0 Å². The van der Waals surface area contributed by atoms with Gasteiger partial charge >= 0.3 is 0 Å². The lowest BCUT2D eigenvalue weighted by atomic mass is 10.1. The van der Waals surface area contributed by atoms with Gasteiger partial charge in [-0.1, -0.05) is 31.5 Å². The van der Waals surface area contributed by atoms with Crippen molar-refractivity contribution in [2.24, 2.45) is 7.05 Å². The maximum atomic E-state index is 12.4. The Balaban J connectivity index is 2.08. The monoisotopic (exact) mass is 313 g/mol. The van der Waals surface area contributed by atoms with Crippen LogP contribution in [0.4, 0.5) is 5.69 Å². The predicted molar refractivity (Wildman–Crippen MR) is 87.8 cm³/mol. The predicted octanol–water partition coefficient (Wildman–Crippen LogP) is 2.00. The molecule has 1 aromatic carbocycles. The zero-order valence-corrected chi connectivity index (χ0v) is 13.1. The van der Waals surface area contributed by atoms with E-state index in [0.717, 1.165) is 24.1 Å². The number of benzene rings is 1. The van der Waals surface area contributed by atoms with Crippen LogP contribution in [0.5, 0.6) is 0 Å². The molecule has 3 aromatic rings. The third kappa shape index (κ3) is 2.83. The van der Waals surface area contributed by atoms with Crippen LogP contribution in [0.1, 0.15) is 30.4 Å². The highest BCUT2D eigenvalue weighted by Crippen LogP contribution is 2.18. The van der Waals surface area contributed by atoms with E-state index in [1.54, 1.807) is 17.8 Å². The van der Waals surface area contributed by atoms with E-state index in [-0.39, 0.29) is 5.56 Å². The SMILES string of the molecule is CCCc1nn(C)c2c(=O)[nH]c(Cc3ccccc3NO)nc12. The molecule has 0 atom stereocenters. The second-order valence-corrected chi connectivity index (χ2v) is 5.48. The minimum atomic E-state index is -0.197. The molecule has 2 aromatic heterocycles. The van der Waals surface area contributed by atoms with Gasteiger partial charge in [0.05, 0.1) is 11.4 Å². The Morgan fingerprint density at radius 2 is 2.13 bits per heavy atom. The van der Waals surface area contributed by atoms with Crippen molar-refractivity contribution in [3.8, 4) is 0 Å². The van der Waals surface area contributed by atoms with Crippen molar-refractivity contribution in [1.29, 1.82) is 0 Å². The molecule has 0 saturated heterocycles. The topological polar surface area (TPSA) is 95.8 Å². The van der Waals surface area contributed by atoms with E-state index < -0.39 is 0 Å². The zero-order valence-electron chi connectivity index (χ0n) is 13.1. The highest BCUT2D eigenvalue weighted by molar-refractivity contribution is 5.76. The van der Waals surface area contributed by atoms with Crippen LogP contribution in [0, 0.1) is 0 Å². The van der Waals surface area contributed by atoms with Crippen LogP contribution in [-0.2, 0) is 19.9 Å². The Morgan fingerprint density at radius 3 is 2.87 bits per heavy atom. The summed E-state index contributed by atoms with van der Waals surface area (Å²) < 4.78 is 1.58. The number of para-hydroxylation sites is 1. The minimum absolute atomic E-state index is 0.197. The number of aryl methyl sites for hydroxylation is 2. The molecule has 0 aliphatic rings. The molecule has 0 bridgehead atoms.